The molecule has 1 aliphatic heterocycles. The summed E-state index contributed by atoms with van der Waals surface area (Å²) in [7, 11) is 0. The standard InChI is InChI=1S/C5H6O2.ClH/c6-5-3-1-2-4-7-5;/h1-3,6H,4H2;1H. The first-order valence-corrected chi connectivity index (χ1v) is 2.08. The number of hydrogen-bond donors (Lipinski definition) is 1. The zero-order valence-corrected chi connectivity index (χ0v) is 5.02. The third-order valence-electron chi connectivity index (χ3n) is 0.702. The van der Waals surface area contributed by atoms with Crippen LogP contribution in [0.15, 0.2) is 24.2 Å². The Balaban J connectivity index is 0.000000490. The third kappa shape index (κ3) is 1.89. The minimum atomic E-state index is 0. The average molecular weight is 135 g/mol. The predicted molar refractivity (Wildman–Crippen MR) is 33.1 cm³/mol. The largest absolute Gasteiger partial charge is 0.481 e. The summed E-state index contributed by atoms with van der Waals surface area (Å²) in [5, 5.41) is 8.50. The number of aliphatic hydroxyl groups excluding tert-OH is 1. The van der Waals surface area contributed by atoms with Crippen molar-refractivity contribution in [1.29, 1.82) is 0 Å². The van der Waals surface area contributed by atoms with Crippen molar-refractivity contribution >= 4 is 12.4 Å². The van der Waals surface area contributed by atoms with Crippen LogP contribution in [0.1, 0.15) is 0 Å². The summed E-state index contributed by atoms with van der Waals surface area (Å²) in [6, 6.07) is 0. The normalized spacial score (nSPS) is 15.8. The second-order valence-electron chi connectivity index (χ2n) is 1.24. The van der Waals surface area contributed by atoms with Crippen LogP contribution < -0.4 is 0 Å². The van der Waals surface area contributed by atoms with Crippen LogP contribution in [0.5, 0.6) is 0 Å². The van der Waals surface area contributed by atoms with Crippen molar-refractivity contribution in [3.05, 3.63) is 24.2 Å². The van der Waals surface area contributed by atoms with Gasteiger partial charge in [0.2, 0.25) is 0 Å². The molecule has 1 aliphatic rings. The molecule has 0 atom stereocenters. The summed E-state index contributed by atoms with van der Waals surface area (Å²) in [6.07, 6.45) is 5.07. The van der Waals surface area contributed by atoms with Crippen molar-refractivity contribution in [2.45, 2.75) is 0 Å². The van der Waals surface area contributed by atoms with Gasteiger partial charge in [-0.1, -0.05) is 6.08 Å². The molecule has 0 fully saturated rings. The monoisotopic (exact) mass is 134 g/mol. The van der Waals surface area contributed by atoms with E-state index in [-0.39, 0.29) is 18.4 Å². The molecule has 46 valence electrons. The van der Waals surface area contributed by atoms with E-state index >= 15 is 0 Å². The summed E-state index contributed by atoms with van der Waals surface area (Å²) in [5.41, 5.74) is 0. The maximum Gasteiger partial charge on any atom is 0.276 e. The van der Waals surface area contributed by atoms with Gasteiger partial charge in [-0.15, -0.1) is 12.4 Å². The number of hydrogen-bond acceptors (Lipinski definition) is 2. The SMILES string of the molecule is Cl.OC1=CC=CCO1. The Morgan fingerprint density at radius 2 is 2.38 bits per heavy atom. The Bertz CT molecular complexity index is 118. The average Bonchev–Trinajstić information content (AvgIpc) is 1.69. The molecule has 0 amide bonds. The van der Waals surface area contributed by atoms with Gasteiger partial charge in [0.25, 0.3) is 5.95 Å². The van der Waals surface area contributed by atoms with Crippen LogP contribution in [0.4, 0.5) is 0 Å². The lowest BCUT2D eigenvalue weighted by Crippen LogP contribution is -1.93. The van der Waals surface area contributed by atoms with Crippen molar-refractivity contribution in [3.63, 3.8) is 0 Å². The van der Waals surface area contributed by atoms with Gasteiger partial charge in [-0.3, -0.25) is 0 Å². The van der Waals surface area contributed by atoms with Gasteiger partial charge in [0.1, 0.15) is 6.61 Å². The first kappa shape index (κ1) is 7.37. The van der Waals surface area contributed by atoms with Gasteiger partial charge in [-0.25, -0.2) is 0 Å². The van der Waals surface area contributed by atoms with E-state index in [1.54, 1.807) is 6.08 Å². The smallest absolute Gasteiger partial charge is 0.276 e. The molecule has 0 saturated carbocycles. The molecule has 0 aromatic carbocycles. The maximum absolute atomic E-state index is 8.50. The van der Waals surface area contributed by atoms with Crippen LogP contribution in [0.3, 0.4) is 0 Å². The Labute approximate surface area is 53.9 Å². The Morgan fingerprint density at radius 3 is 2.62 bits per heavy atom. The molecule has 0 aromatic rings. The van der Waals surface area contributed by atoms with Crippen LogP contribution in [-0.2, 0) is 4.74 Å². The van der Waals surface area contributed by atoms with Crippen molar-refractivity contribution in [3.8, 4) is 0 Å². The molecule has 8 heavy (non-hydrogen) atoms. The molecular weight excluding hydrogens is 128 g/mol. The van der Waals surface area contributed by atoms with Gasteiger partial charge in [0, 0.05) is 6.08 Å². The van der Waals surface area contributed by atoms with Crippen LogP contribution in [0.2, 0.25) is 0 Å². The summed E-state index contributed by atoms with van der Waals surface area (Å²) < 4.78 is 4.61. The number of halogens is 1. The minimum Gasteiger partial charge on any atom is -0.481 e. The number of rotatable bonds is 0. The lowest BCUT2D eigenvalue weighted by molar-refractivity contribution is 0.109. The van der Waals surface area contributed by atoms with Crippen LogP contribution >= 0.6 is 12.4 Å². The maximum atomic E-state index is 8.50. The molecule has 0 radical (unpaired) electrons. The van der Waals surface area contributed by atoms with Gasteiger partial charge in [-0.2, -0.15) is 0 Å². The number of aliphatic hydroxyl groups is 1. The highest BCUT2D eigenvalue weighted by molar-refractivity contribution is 5.85. The van der Waals surface area contributed by atoms with E-state index in [1.165, 1.54) is 6.08 Å². The minimum absolute atomic E-state index is 0. The third-order valence-corrected chi connectivity index (χ3v) is 0.702. The van der Waals surface area contributed by atoms with Gasteiger partial charge in [0.15, 0.2) is 0 Å². The highest BCUT2D eigenvalue weighted by Gasteiger charge is 1.90. The van der Waals surface area contributed by atoms with E-state index in [4.69, 9.17) is 5.11 Å². The summed E-state index contributed by atoms with van der Waals surface area (Å²) >= 11 is 0. The van der Waals surface area contributed by atoms with E-state index in [1.807, 2.05) is 6.08 Å². The number of allylic oxidation sites excluding steroid dienone is 2. The predicted octanol–water partition coefficient (Wildman–Crippen LogP) is 1.39. The lowest BCUT2D eigenvalue weighted by Gasteiger charge is -2.01. The van der Waals surface area contributed by atoms with Gasteiger partial charge in [0.05, 0.1) is 0 Å². The van der Waals surface area contributed by atoms with Gasteiger partial charge < -0.3 is 9.84 Å². The summed E-state index contributed by atoms with van der Waals surface area (Å²) in [5.74, 6) is 0.00231. The fourth-order valence-electron chi connectivity index (χ4n) is 0.388. The Kier molecular flexibility index (Phi) is 3.12. The zero-order chi connectivity index (χ0) is 5.11. The molecule has 0 bridgehead atoms. The Hall–Kier alpha value is -0.630. The molecule has 3 heteroatoms. The molecular formula is C5H7ClO2. The van der Waals surface area contributed by atoms with Crippen molar-refractivity contribution in [1.82, 2.24) is 0 Å². The van der Waals surface area contributed by atoms with Crippen molar-refractivity contribution in [2.24, 2.45) is 0 Å². The zero-order valence-electron chi connectivity index (χ0n) is 4.20. The highest BCUT2D eigenvalue weighted by Crippen LogP contribution is 1.97. The van der Waals surface area contributed by atoms with Gasteiger partial charge in [-0.05, 0) is 6.08 Å². The molecule has 0 unspecified atom stereocenters. The van der Waals surface area contributed by atoms with E-state index in [0.29, 0.717) is 6.61 Å². The van der Waals surface area contributed by atoms with Crippen LogP contribution in [0.25, 0.3) is 0 Å². The summed E-state index contributed by atoms with van der Waals surface area (Å²) in [4.78, 5) is 0. The molecule has 1 rings (SSSR count). The topological polar surface area (TPSA) is 29.5 Å². The highest BCUT2D eigenvalue weighted by atomic mass is 35.5. The van der Waals surface area contributed by atoms with E-state index < -0.39 is 0 Å². The lowest BCUT2D eigenvalue weighted by atomic mass is 10.4. The molecule has 1 N–H and O–H groups in total. The first-order chi connectivity index (χ1) is 3.39. The van der Waals surface area contributed by atoms with E-state index in [9.17, 15) is 0 Å². The summed E-state index contributed by atoms with van der Waals surface area (Å²) in [6.45, 7) is 0.488. The number of ether oxygens (including phenoxy) is 1. The fraction of sp³-hybridized carbons (Fsp3) is 0.200. The van der Waals surface area contributed by atoms with Crippen molar-refractivity contribution < 1.29 is 9.84 Å². The van der Waals surface area contributed by atoms with Crippen LogP contribution in [-0.4, -0.2) is 11.7 Å². The van der Waals surface area contributed by atoms with Crippen LogP contribution in [0, 0.1) is 0 Å². The molecule has 1 heterocycles. The molecule has 0 aliphatic carbocycles. The second kappa shape index (κ2) is 3.38. The Morgan fingerprint density at radius 1 is 1.62 bits per heavy atom. The molecule has 0 spiro atoms. The molecule has 2 nitrogen and oxygen atoms in total. The quantitative estimate of drug-likeness (QED) is 0.543. The molecule has 0 aromatic heterocycles. The van der Waals surface area contributed by atoms with Crippen molar-refractivity contribution in [2.75, 3.05) is 6.61 Å². The molecule has 0 saturated heterocycles. The fourth-order valence-corrected chi connectivity index (χ4v) is 0.388. The van der Waals surface area contributed by atoms with Gasteiger partial charge >= 0.3 is 0 Å². The first-order valence-electron chi connectivity index (χ1n) is 2.08. The second-order valence-corrected chi connectivity index (χ2v) is 1.24. The van der Waals surface area contributed by atoms with E-state index in [0.717, 1.165) is 0 Å². The van der Waals surface area contributed by atoms with E-state index in [2.05, 4.69) is 4.74 Å².